The SMILES string of the molecule is O=C(N[C@@]1(c2ccc(Cl)cc2)CCNC1)c1ccc(OC(F)(F)F)cc1. The molecule has 1 heterocycles. The summed E-state index contributed by atoms with van der Waals surface area (Å²) >= 11 is 5.93. The Bertz CT molecular complexity index is 771. The lowest BCUT2D eigenvalue weighted by atomic mass is 9.88. The summed E-state index contributed by atoms with van der Waals surface area (Å²) < 4.78 is 40.5. The van der Waals surface area contributed by atoms with Gasteiger partial charge in [-0.1, -0.05) is 23.7 Å². The van der Waals surface area contributed by atoms with Crippen LogP contribution in [0.1, 0.15) is 22.3 Å². The Labute approximate surface area is 153 Å². The third-order valence-electron chi connectivity index (χ3n) is 4.26. The molecule has 0 aromatic heterocycles. The maximum Gasteiger partial charge on any atom is 0.573 e. The van der Waals surface area contributed by atoms with Crippen LogP contribution in [0.2, 0.25) is 5.02 Å². The minimum Gasteiger partial charge on any atom is -0.406 e. The van der Waals surface area contributed by atoms with Gasteiger partial charge in [-0.25, -0.2) is 0 Å². The van der Waals surface area contributed by atoms with E-state index in [9.17, 15) is 18.0 Å². The molecule has 1 atom stereocenters. The molecule has 1 amide bonds. The van der Waals surface area contributed by atoms with E-state index in [0.717, 1.165) is 24.2 Å². The van der Waals surface area contributed by atoms with Crippen LogP contribution in [0.15, 0.2) is 48.5 Å². The van der Waals surface area contributed by atoms with Crippen molar-refractivity contribution in [1.82, 2.24) is 10.6 Å². The van der Waals surface area contributed by atoms with Crippen LogP contribution < -0.4 is 15.4 Å². The maximum atomic E-state index is 12.6. The maximum absolute atomic E-state index is 12.6. The van der Waals surface area contributed by atoms with E-state index in [1.54, 1.807) is 12.1 Å². The molecule has 1 aliphatic rings. The molecule has 0 unspecified atom stereocenters. The van der Waals surface area contributed by atoms with Gasteiger partial charge in [0.05, 0.1) is 5.54 Å². The van der Waals surface area contributed by atoms with Crippen molar-refractivity contribution < 1.29 is 22.7 Å². The summed E-state index contributed by atoms with van der Waals surface area (Å²) in [5.74, 6) is -0.744. The van der Waals surface area contributed by atoms with E-state index in [4.69, 9.17) is 11.6 Å². The van der Waals surface area contributed by atoms with Gasteiger partial charge in [-0.05, 0) is 54.9 Å². The average Bonchev–Trinajstić information content (AvgIpc) is 3.04. The molecule has 0 radical (unpaired) electrons. The molecular weight excluding hydrogens is 369 g/mol. The highest BCUT2D eigenvalue weighted by Gasteiger charge is 2.37. The van der Waals surface area contributed by atoms with Crippen molar-refractivity contribution in [2.45, 2.75) is 18.3 Å². The van der Waals surface area contributed by atoms with Crippen LogP contribution in [0, 0.1) is 0 Å². The smallest absolute Gasteiger partial charge is 0.406 e. The summed E-state index contributed by atoms with van der Waals surface area (Å²) in [5, 5.41) is 6.83. The standard InChI is InChI=1S/C18H16ClF3N2O2/c19-14-5-3-13(4-6-14)17(9-10-23-11-17)24-16(25)12-1-7-15(8-2-12)26-18(20,21)22/h1-8,23H,9-11H2,(H,24,25)/t17-/m0/s1. The van der Waals surface area contributed by atoms with Gasteiger partial charge in [0.25, 0.3) is 5.91 Å². The third kappa shape index (κ3) is 4.28. The van der Waals surface area contributed by atoms with Gasteiger partial charge in [0.15, 0.2) is 0 Å². The van der Waals surface area contributed by atoms with Crippen LogP contribution in [0.3, 0.4) is 0 Å². The lowest BCUT2D eigenvalue weighted by Gasteiger charge is -2.30. The molecule has 0 aliphatic carbocycles. The van der Waals surface area contributed by atoms with Crippen molar-refractivity contribution in [1.29, 1.82) is 0 Å². The Hall–Kier alpha value is -2.25. The largest absolute Gasteiger partial charge is 0.573 e. The number of carbonyl (C=O) groups excluding carboxylic acids is 1. The number of halogens is 4. The van der Waals surface area contributed by atoms with Crippen LogP contribution in [-0.2, 0) is 5.54 Å². The second-order valence-corrected chi connectivity index (χ2v) is 6.48. The number of rotatable bonds is 4. The number of alkyl halides is 3. The molecular formula is C18H16ClF3N2O2. The van der Waals surface area contributed by atoms with E-state index < -0.39 is 11.9 Å². The highest BCUT2D eigenvalue weighted by atomic mass is 35.5. The summed E-state index contributed by atoms with van der Waals surface area (Å²) in [6.45, 7) is 1.29. The van der Waals surface area contributed by atoms with Crippen molar-refractivity contribution in [3.63, 3.8) is 0 Å². The summed E-state index contributed by atoms with van der Waals surface area (Å²) in [7, 11) is 0. The number of hydrogen-bond donors (Lipinski definition) is 2. The van der Waals surface area contributed by atoms with Crippen molar-refractivity contribution in [3.8, 4) is 5.75 Å². The van der Waals surface area contributed by atoms with Gasteiger partial charge in [-0.3, -0.25) is 4.79 Å². The molecule has 2 aromatic carbocycles. The Kier molecular flexibility index (Phi) is 5.11. The molecule has 0 spiro atoms. The van der Waals surface area contributed by atoms with Gasteiger partial charge in [0.2, 0.25) is 0 Å². The summed E-state index contributed by atoms with van der Waals surface area (Å²) in [6.07, 6.45) is -4.08. The topological polar surface area (TPSA) is 50.4 Å². The van der Waals surface area contributed by atoms with E-state index in [1.807, 2.05) is 12.1 Å². The van der Waals surface area contributed by atoms with Gasteiger partial charge in [0.1, 0.15) is 5.75 Å². The van der Waals surface area contributed by atoms with Crippen LogP contribution in [0.25, 0.3) is 0 Å². The molecule has 4 nitrogen and oxygen atoms in total. The predicted octanol–water partition coefficient (Wildman–Crippen LogP) is 3.86. The number of hydrogen-bond acceptors (Lipinski definition) is 3. The number of benzene rings is 2. The van der Waals surface area contributed by atoms with E-state index in [2.05, 4.69) is 15.4 Å². The molecule has 138 valence electrons. The van der Waals surface area contributed by atoms with E-state index in [-0.39, 0.29) is 17.2 Å². The summed E-state index contributed by atoms with van der Waals surface area (Å²) in [6, 6.07) is 12.1. The first-order valence-electron chi connectivity index (χ1n) is 7.93. The highest BCUT2D eigenvalue weighted by Crippen LogP contribution is 2.30. The van der Waals surface area contributed by atoms with Crippen LogP contribution in [-0.4, -0.2) is 25.4 Å². The second-order valence-electron chi connectivity index (χ2n) is 6.04. The lowest BCUT2D eigenvalue weighted by Crippen LogP contribution is -2.47. The number of ether oxygens (including phenoxy) is 1. The van der Waals surface area contributed by atoms with Gasteiger partial charge in [0, 0.05) is 17.1 Å². The van der Waals surface area contributed by atoms with Gasteiger partial charge in [-0.15, -0.1) is 13.2 Å². The van der Waals surface area contributed by atoms with E-state index in [0.29, 0.717) is 18.0 Å². The van der Waals surface area contributed by atoms with Gasteiger partial charge in [-0.2, -0.15) is 0 Å². The van der Waals surface area contributed by atoms with Crippen molar-refractivity contribution in [2.24, 2.45) is 0 Å². The first kappa shape index (κ1) is 18.5. The minimum atomic E-state index is -4.77. The van der Waals surface area contributed by atoms with Gasteiger partial charge >= 0.3 is 6.36 Å². The normalized spacial score (nSPS) is 20.0. The molecule has 0 saturated carbocycles. The van der Waals surface area contributed by atoms with Crippen LogP contribution in [0.4, 0.5) is 13.2 Å². The third-order valence-corrected chi connectivity index (χ3v) is 4.51. The lowest BCUT2D eigenvalue weighted by molar-refractivity contribution is -0.274. The zero-order chi connectivity index (χ0) is 18.8. The molecule has 1 saturated heterocycles. The number of carbonyl (C=O) groups is 1. The minimum absolute atomic E-state index is 0.250. The Morgan fingerprint density at radius 3 is 2.31 bits per heavy atom. The van der Waals surface area contributed by atoms with Gasteiger partial charge < -0.3 is 15.4 Å². The van der Waals surface area contributed by atoms with Crippen LogP contribution >= 0.6 is 11.6 Å². The Morgan fingerprint density at radius 1 is 1.12 bits per heavy atom. The monoisotopic (exact) mass is 384 g/mol. The molecule has 1 aliphatic heterocycles. The Morgan fingerprint density at radius 2 is 1.77 bits per heavy atom. The molecule has 0 bridgehead atoms. The zero-order valence-corrected chi connectivity index (χ0v) is 14.3. The second kappa shape index (κ2) is 7.17. The van der Waals surface area contributed by atoms with Crippen molar-refractivity contribution in [3.05, 3.63) is 64.7 Å². The molecule has 26 heavy (non-hydrogen) atoms. The molecule has 1 fully saturated rings. The van der Waals surface area contributed by atoms with Crippen molar-refractivity contribution in [2.75, 3.05) is 13.1 Å². The molecule has 2 aromatic rings. The summed E-state index contributed by atoms with van der Waals surface area (Å²) in [5.41, 5.74) is 0.569. The van der Waals surface area contributed by atoms with Crippen molar-refractivity contribution >= 4 is 17.5 Å². The number of amides is 1. The first-order valence-corrected chi connectivity index (χ1v) is 8.30. The van der Waals surface area contributed by atoms with E-state index >= 15 is 0 Å². The quantitative estimate of drug-likeness (QED) is 0.841. The zero-order valence-electron chi connectivity index (χ0n) is 13.6. The predicted molar refractivity (Wildman–Crippen MR) is 91.2 cm³/mol. The first-order chi connectivity index (χ1) is 12.3. The molecule has 8 heteroatoms. The fourth-order valence-corrected chi connectivity index (χ4v) is 3.11. The fourth-order valence-electron chi connectivity index (χ4n) is 2.98. The Balaban J connectivity index is 1.77. The fraction of sp³-hybridized carbons (Fsp3) is 0.278. The average molecular weight is 385 g/mol. The summed E-state index contributed by atoms with van der Waals surface area (Å²) in [4.78, 5) is 12.6. The number of nitrogens with one attached hydrogen (secondary N) is 2. The highest BCUT2D eigenvalue weighted by molar-refractivity contribution is 6.30. The van der Waals surface area contributed by atoms with Crippen LogP contribution in [0.5, 0.6) is 5.75 Å². The molecule has 2 N–H and O–H groups in total. The molecule has 3 rings (SSSR count). The van der Waals surface area contributed by atoms with E-state index in [1.165, 1.54) is 12.1 Å².